The lowest BCUT2D eigenvalue weighted by molar-refractivity contribution is 0.103. The number of thiazole rings is 1. The minimum Gasteiger partial charge on any atom is -0.480 e. The van der Waals surface area contributed by atoms with Crippen LogP contribution in [-0.4, -0.2) is 35.1 Å². The zero-order chi connectivity index (χ0) is 22.0. The van der Waals surface area contributed by atoms with Gasteiger partial charge in [-0.25, -0.2) is 14.4 Å². The van der Waals surface area contributed by atoms with Gasteiger partial charge in [-0.2, -0.15) is 4.98 Å². The maximum absolute atomic E-state index is 13.4. The standard InChI is InChI=1S/C21H19FN4O3S2/c1-11-16-19(29-3)24-15(10-28-2)25-20(16)31-17(11)18(27)26-21-23-9-14(30-21)8-12-5-4-6-13(22)7-12/h4-7,9H,8,10H2,1-3H3,(H,23,26,27). The number of ether oxygens (including phenoxy) is 2. The van der Waals surface area contributed by atoms with Crippen LogP contribution < -0.4 is 10.1 Å². The molecule has 0 saturated carbocycles. The fourth-order valence-electron chi connectivity index (χ4n) is 3.15. The number of hydrogen-bond acceptors (Lipinski definition) is 8. The molecule has 3 aromatic heterocycles. The molecule has 0 saturated heterocycles. The van der Waals surface area contributed by atoms with E-state index in [0.717, 1.165) is 16.0 Å². The number of anilines is 1. The summed E-state index contributed by atoms with van der Waals surface area (Å²) < 4.78 is 23.9. The second-order valence-electron chi connectivity index (χ2n) is 6.71. The molecule has 3 heterocycles. The van der Waals surface area contributed by atoms with E-state index in [2.05, 4.69) is 20.3 Å². The average Bonchev–Trinajstić information content (AvgIpc) is 3.31. The molecule has 4 rings (SSSR count). The number of amides is 1. The summed E-state index contributed by atoms with van der Waals surface area (Å²) in [6, 6.07) is 6.43. The molecule has 0 aliphatic heterocycles. The molecule has 10 heteroatoms. The first-order chi connectivity index (χ1) is 15.0. The second-order valence-corrected chi connectivity index (χ2v) is 8.83. The van der Waals surface area contributed by atoms with E-state index in [4.69, 9.17) is 9.47 Å². The molecule has 0 aliphatic rings. The van der Waals surface area contributed by atoms with E-state index in [1.165, 1.54) is 41.9 Å². The van der Waals surface area contributed by atoms with Crippen LogP contribution in [0.2, 0.25) is 0 Å². The zero-order valence-electron chi connectivity index (χ0n) is 17.1. The number of rotatable bonds is 7. The van der Waals surface area contributed by atoms with E-state index in [-0.39, 0.29) is 18.3 Å². The lowest BCUT2D eigenvalue weighted by Gasteiger charge is -2.05. The van der Waals surface area contributed by atoms with Gasteiger partial charge < -0.3 is 9.47 Å². The number of hydrogen-bond donors (Lipinski definition) is 1. The molecule has 31 heavy (non-hydrogen) atoms. The van der Waals surface area contributed by atoms with E-state index >= 15 is 0 Å². The summed E-state index contributed by atoms with van der Waals surface area (Å²) in [7, 11) is 3.10. The van der Waals surface area contributed by atoms with Crippen LogP contribution in [0.5, 0.6) is 5.88 Å². The third kappa shape index (κ3) is 4.55. The molecular weight excluding hydrogens is 439 g/mol. The first kappa shape index (κ1) is 21.3. The van der Waals surface area contributed by atoms with Crippen molar-refractivity contribution in [2.45, 2.75) is 20.0 Å². The number of aromatic nitrogens is 3. The van der Waals surface area contributed by atoms with Gasteiger partial charge in [-0.05, 0) is 30.2 Å². The molecule has 0 atom stereocenters. The van der Waals surface area contributed by atoms with Crippen molar-refractivity contribution in [2.75, 3.05) is 19.5 Å². The maximum atomic E-state index is 13.4. The summed E-state index contributed by atoms with van der Waals surface area (Å²) in [6.45, 7) is 2.09. The Kier molecular flexibility index (Phi) is 6.21. The van der Waals surface area contributed by atoms with Gasteiger partial charge >= 0.3 is 0 Å². The molecule has 0 aliphatic carbocycles. The summed E-state index contributed by atoms with van der Waals surface area (Å²) in [5.74, 6) is 0.351. The van der Waals surface area contributed by atoms with Gasteiger partial charge in [0, 0.05) is 24.6 Å². The van der Waals surface area contributed by atoms with E-state index in [1.807, 2.05) is 13.0 Å². The number of nitrogens with one attached hydrogen (secondary N) is 1. The van der Waals surface area contributed by atoms with Gasteiger partial charge in [0.1, 0.15) is 17.3 Å². The van der Waals surface area contributed by atoms with Gasteiger partial charge in [-0.1, -0.05) is 12.1 Å². The van der Waals surface area contributed by atoms with Gasteiger partial charge in [-0.15, -0.1) is 22.7 Å². The van der Waals surface area contributed by atoms with Crippen molar-refractivity contribution in [2.24, 2.45) is 0 Å². The summed E-state index contributed by atoms with van der Waals surface area (Å²) in [6.07, 6.45) is 2.23. The van der Waals surface area contributed by atoms with E-state index < -0.39 is 0 Å². The van der Waals surface area contributed by atoms with Crippen LogP contribution in [0.3, 0.4) is 0 Å². The van der Waals surface area contributed by atoms with E-state index in [1.54, 1.807) is 19.4 Å². The Labute approximate surface area is 185 Å². The smallest absolute Gasteiger partial charge is 0.267 e. The maximum Gasteiger partial charge on any atom is 0.267 e. The summed E-state index contributed by atoms with van der Waals surface area (Å²) in [5, 5.41) is 4.04. The topological polar surface area (TPSA) is 86.2 Å². The van der Waals surface area contributed by atoms with Crippen molar-refractivity contribution < 1.29 is 18.7 Å². The number of carbonyl (C=O) groups excluding carboxylic acids is 1. The molecule has 4 aromatic rings. The van der Waals surface area contributed by atoms with Crippen molar-refractivity contribution in [3.63, 3.8) is 0 Å². The molecule has 0 unspecified atom stereocenters. The predicted molar refractivity (Wildman–Crippen MR) is 119 cm³/mol. The quantitative estimate of drug-likeness (QED) is 0.436. The third-order valence-electron chi connectivity index (χ3n) is 4.52. The Morgan fingerprint density at radius 2 is 2.06 bits per heavy atom. The molecule has 0 bridgehead atoms. The summed E-state index contributed by atoms with van der Waals surface area (Å²) >= 11 is 2.62. The van der Waals surface area contributed by atoms with Crippen LogP contribution in [0.15, 0.2) is 30.5 Å². The molecule has 1 amide bonds. The fraction of sp³-hybridized carbons (Fsp3) is 0.238. The Balaban J connectivity index is 1.56. The lowest BCUT2D eigenvalue weighted by atomic mass is 10.1. The van der Waals surface area contributed by atoms with Crippen LogP contribution in [-0.2, 0) is 17.8 Å². The Hall–Kier alpha value is -2.95. The molecule has 0 fully saturated rings. The van der Waals surface area contributed by atoms with Crippen LogP contribution in [0.4, 0.5) is 9.52 Å². The van der Waals surface area contributed by atoms with E-state index in [9.17, 15) is 9.18 Å². The van der Waals surface area contributed by atoms with Crippen LogP contribution in [0.25, 0.3) is 10.2 Å². The number of aryl methyl sites for hydroxylation is 1. The van der Waals surface area contributed by atoms with Crippen LogP contribution >= 0.6 is 22.7 Å². The minimum absolute atomic E-state index is 0.248. The number of fused-ring (bicyclic) bond motifs is 1. The summed E-state index contributed by atoms with van der Waals surface area (Å²) in [5.41, 5.74) is 1.59. The molecule has 7 nitrogen and oxygen atoms in total. The number of carbonyl (C=O) groups is 1. The average molecular weight is 459 g/mol. The highest BCUT2D eigenvalue weighted by Gasteiger charge is 2.22. The van der Waals surface area contributed by atoms with E-state index in [0.29, 0.717) is 38.4 Å². The highest BCUT2D eigenvalue weighted by Crippen LogP contribution is 2.35. The Morgan fingerprint density at radius 1 is 1.23 bits per heavy atom. The molecule has 1 aromatic carbocycles. The van der Waals surface area contributed by atoms with Crippen LogP contribution in [0, 0.1) is 12.7 Å². The Morgan fingerprint density at radius 3 is 2.81 bits per heavy atom. The SMILES string of the molecule is COCc1nc(OC)c2c(C)c(C(=O)Nc3ncc(Cc4cccc(F)c4)s3)sc2n1. The summed E-state index contributed by atoms with van der Waals surface area (Å²) in [4.78, 5) is 28.1. The largest absolute Gasteiger partial charge is 0.480 e. The first-order valence-corrected chi connectivity index (χ1v) is 10.9. The lowest BCUT2D eigenvalue weighted by Crippen LogP contribution is -2.11. The molecule has 0 radical (unpaired) electrons. The van der Waals surface area contributed by atoms with Crippen molar-refractivity contribution >= 4 is 43.9 Å². The van der Waals surface area contributed by atoms with Gasteiger partial charge in [0.25, 0.3) is 5.91 Å². The van der Waals surface area contributed by atoms with Crippen LogP contribution in [0.1, 0.15) is 31.5 Å². The second kappa shape index (κ2) is 9.04. The molecule has 160 valence electrons. The third-order valence-corrected chi connectivity index (χ3v) is 6.61. The van der Waals surface area contributed by atoms with Gasteiger partial charge in [0.15, 0.2) is 11.0 Å². The number of thiophene rings is 1. The number of methoxy groups -OCH3 is 2. The van der Waals surface area contributed by atoms with Gasteiger partial charge in [0.05, 0.1) is 17.4 Å². The van der Waals surface area contributed by atoms with Crippen molar-refractivity contribution in [1.82, 2.24) is 15.0 Å². The zero-order valence-corrected chi connectivity index (χ0v) is 18.7. The monoisotopic (exact) mass is 458 g/mol. The molecule has 0 spiro atoms. The van der Waals surface area contributed by atoms with Gasteiger partial charge in [0.2, 0.25) is 5.88 Å². The highest BCUT2D eigenvalue weighted by atomic mass is 32.1. The molecular formula is C21H19FN4O3S2. The van der Waals surface area contributed by atoms with Crippen molar-refractivity contribution in [3.05, 3.63) is 63.0 Å². The number of nitrogens with zero attached hydrogens (tertiary/aromatic N) is 3. The van der Waals surface area contributed by atoms with Crippen molar-refractivity contribution in [3.8, 4) is 5.88 Å². The molecule has 1 N–H and O–H groups in total. The van der Waals surface area contributed by atoms with Crippen molar-refractivity contribution in [1.29, 1.82) is 0 Å². The minimum atomic E-state index is -0.275. The van der Waals surface area contributed by atoms with Gasteiger partial charge in [-0.3, -0.25) is 10.1 Å². The number of benzene rings is 1. The fourth-order valence-corrected chi connectivity index (χ4v) is 5.08. The normalized spacial score (nSPS) is 11.1. The Bertz CT molecular complexity index is 1250. The first-order valence-electron chi connectivity index (χ1n) is 9.32. The highest BCUT2D eigenvalue weighted by molar-refractivity contribution is 7.21. The predicted octanol–water partition coefficient (Wildman–Crippen LogP) is 4.59. The number of halogens is 1.